The Morgan fingerprint density at radius 3 is 2.31 bits per heavy atom. The number of piperazine rings is 1. The second kappa shape index (κ2) is 6.23. The van der Waals surface area contributed by atoms with E-state index in [1.165, 1.54) is 0 Å². The molecule has 0 spiro atoms. The number of hydrogen-bond donors (Lipinski definition) is 3. The van der Waals surface area contributed by atoms with Crippen molar-refractivity contribution in [2.75, 3.05) is 19.6 Å². The van der Waals surface area contributed by atoms with Gasteiger partial charge in [-0.3, -0.25) is 5.32 Å². The van der Waals surface area contributed by atoms with Crippen molar-refractivity contribution in [3.8, 4) is 6.07 Å². The molecule has 0 bridgehead atoms. The predicted octanol–water partition coefficient (Wildman–Crippen LogP) is 0.0861. The molecule has 3 N–H and O–H groups in total. The lowest BCUT2D eigenvalue weighted by Gasteiger charge is -2.17. The van der Waals surface area contributed by atoms with Gasteiger partial charge in [-0.1, -0.05) is 0 Å². The van der Waals surface area contributed by atoms with Crippen LogP contribution in [0.15, 0.2) is 24.5 Å². The van der Waals surface area contributed by atoms with Crippen LogP contribution in [-0.2, 0) is 0 Å². The molecule has 1 aliphatic rings. The zero-order valence-corrected chi connectivity index (χ0v) is 7.46. The highest BCUT2D eigenvalue weighted by atomic mass is 15.0. The first-order chi connectivity index (χ1) is 6.43. The molecule has 4 heteroatoms. The van der Waals surface area contributed by atoms with Gasteiger partial charge in [-0.05, 0) is 12.1 Å². The summed E-state index contributed by atoms with van der Waals surface area (Å²) in [6.07, 6.45) is 3.75. The average Bonchev–Trinajstić information content (AvgIpc) is 2.77. The Morgan fingerprint density at radius 2 is 2.00 bits per heavy atom. The van der Waals surface area contributed by atoms with E-state index >= 15 is 0 Å². The molecule has 1 aromatic heterocycles. The highest BCUT2D eigenvalue weighted by molar-refractivity contribution is 4.93. The maximum Gasteiger partial charge on any atom is 0.108 e. The van der Waals surface area contributed by atoms with Crippen LogP contribution in [-0.4, -0.2) is 30.7 Å². The zero-order chi connectivity index (χ0) is 9.36. The fourth-order valence-corrected chi connectivity index (χ4v) is 1.02. The van der Waals surface area contributed by atoms with Crippen molar-refractivity contribution in [3.63, 3.8) is 0 Å². The number of aromatic amines is 1. The van der Waals surface area contributed by atoms with Crippen molar-refractivity contribution in [2.24, 2.45) is 0 Å². The maximum absolute atomic E-state index is 8.34. The number of nitrogens with zero attached hydrogens (tertiary/aromatic N) is 1. The summed E-state index contributed by atoms with van der Waals surface area (Å²) >= 11 is 0. The lowest BCUT2D eigenvalue weighted by molar-refractivity contribution is 0.477. The van der Waals surface area contributed by atoms with Crippen LogP contribution in [0.25, 0.3) is 0 Å². The third-order valence-electron chi connectivity index (χ3n) is 1.69. The van der Waals surface area contributed by atoms with E-state index in [0.29, 0.717) is 0 Å². The van der Waals surface area contributed by atoms with Crippen LogP contribution in [0, 0.1) is 11.3 Å². The van der Waals surface area contributed by atoms with Crippen LogP contribution >= 0.6 is 0 Å². The molecule has 1 saturated heterocycles. The molecule has 0 aliphatic carbocycles. The SMILES string of the molecule is N#CC1CNCCN1.c1cc[nH]c1. The first-order valence-electron chi connectivity index (χ1n) is 4.35. The highest BCUT2D eigenvalue weighted by Gasteiger charge is 2.08. The second-order valence-electron chi connectivity index (χ2n) is 2.72. The summed E-state index contributed by atoms with van der Waals surface area (Å²) in [7, 11) is 0. The van der Waals surface area contributed by atoms with Gasteiger partial charge in [0.15, 0.2) is 0 Å². The molecule has 2 rings (SSSR count). The van der Waals surface area contributed by atoms with Gasteiger partial charge in [0.25, 0.3) is 0 Å². The van der Waals surface area contributed by atoms with E-state index in [-0.39, 0.29) is 6.04 Å². The van der Waals surface area contributed by atoms with Crippen LogP contribution < -0.4 is 10.6 Å². The molecule has 0 radical (unpaired) electrons. The molecule has 70 valence electrons. The summed E-state index contributed by atoms with van der Waals surface area (Å²) in [4.78, 5) is 2.86. The number of aromatic nitrogens is 1. The van der Waals surface area contributed by atoms with E-state index in [2.05, 4.69) is 21.7 Å². The fourth-order valence-electron chi connectivity index (χ4n) is 1.02. The molecule has 0 saturated carbocycles. The molecular weight excluding hydrogens is 164 g/mol. The van der Waals surface area contributed by atoms with Crippen molar-refractivity contribution in [1.82, 2.24) is 15.6 Å². The van der Waals surface area contributed by atoms with Crippen molar-refractivity contribution in [2.45, 2.75) is 6.04 Å². The molecule has 2 heterocycles. The Bertz CT molecular complexity index is 213. The summed E-state index contributed by atoms with van der Waals surface area (Å²) < 4.78 is 0. The van der Waals surface area contributed by atoms with Crippen LogP contribution in [0.4, 0.5) is 0 Å². The third-order valence-corrected chi connectivity index (χ3v) is 1.69. The monoisotopic (exact) mass is 178 g/mol. The molecule has 4 nitrogen and oxygen atoms in total. The van der Waals surface area contributed by atoms with Gasteiger partial charge in [0, 0.05) is 32.0 Å². The Kier molecular flexibility index (Phi) is 4.69. The van der Waals surface area contributed by atoms with E-state index in [1.54, 1.807) is 0 Å². The lowest BCUT2D eigenvalue weighted by Crippen LogP contribution is -2.47. The average molecular weight is 178 g/mol. The van der Waals surface area contributed by atoms with Crippen LogP contribution in [0.1, 0.15) is 0 Å². The van der Waals surface area contributed by atoms with E-state index in [9.17, 15) is 0 Å². The van der Waals surface area contributed by atoms with Gasteiger partial charge in [-0.2, -0.15) is 5.26 Å². The number of nitriles is 1. The van der Waals surface area contributed by atoms with Crippen LogP contribution in [0.2, 0.25) is 0 Å². The van der Waals surface area contributed by atoms with Gasteiger partial charge in [-0.15, -0.1) is 0 Å². The third kappa shape index (κ3) is 4.31. The van der Waals surface area contributed by atoms with E-state index in [1.807, 2.05) is 24.5 Å². The quantitative estimate of drug-likeness (QED) is 0.527. The van der Waals surface area contributed by atoms with E-state index < -0.39 is 0 Å². The Hall–Kier alpha value is -1.31. The molecule has 1 aromatic rings. The molecule has 1 atom stereocenters. The van der Waals surface area contributed by atoms with Gasteiger partial charge in [0.1, 0.15) is 6.04 Å². The number of rotatable bonds is 0. The number of H-pyrrole nitrogens is 1. The molecule has 0 aromatic carbocycles. The minimum absolute atomic E-state index is 0.0312. The molecule has 13 heavy (non-hydrogen) atoms. The minimum Gasteiger partial charge on any atom is -0.368 e. The Balaban J connectivity index is 0.000000145. The van der Waals surface area contributed by atoms with E-state index in [4.69, 9.17) is 5.26 Å². The first kappa shape index (κ1) is 9.78. The minimum atomic E-state index is 0.0312. The Morgan fingerprint density at radius 1 is 1.23 bits per heavy atom. The van der Waals surface area contributed by atoms with Crippen molar-refractivity contribution in [3.05, 3.63) is 24.5 Å². The van der Waals surface area contributed by atoms with Gasteiger partial charge in [0.05, 0.1) is 6.07 Å². The van der Waals surface area contributed by atoms with Gasteiger partial charge >= 0.3 is 0 Å². The topological polar surface area (TPSA) is 63.6 Å². The summed E-state index contributed by atoms with van der Waals surface area (Å²) in [6.45, 7) is 2.69. The van der Waals surface area contributed by atoms with E-state index in [0.717, 1.165) is 19.6 Å². The highest BCUT2D eigenvalue weighted by Crippen LogP contribution is 1.81. The standard InChI is InChI=1S/C5H9N3.C4H5N/c6-3-5-4-7-1-2-8-5;1-2-4-5-3-1/h5,7-8H,1-2,4H2;1-5H. The second-order valence-corrected chi connectivity index (χ2v) is 2.72. The van der Waals surface area contributed by atoms with Crippen molar-refractivity contribution >= 4 is 0 Å². The molecule has 1 aliphatic heterocycles. The van der Waals surface area contributed by atoms with Gasteiger partial charge < -0.3 is 10.3 Å². The maximum atomic E-state index is 8.34. The van der Waals surface area contributed by atoms with Gasteiger partial charge in [0.2, 0.25) is 0 Å². The summed E-state index contributed by atoms with van der Waals surface area (Å²) in [5.41, 5.74) is 0. The normalized spacial score (nSPS) is 21.0. The van der Waals surface area contributed by atoms with Crippen LogP contribution in [0.3, 0.4) is 0 Å². The number of nitrogens with one attached hydrogen (secondary N) is 3. The lowest BCUT2D eigenvalue weighted by atomic mass is 10.3. The first-order valence-corrected chi connectivity index (χ1v) is 4.35. The van der Waals surface area contributed by atoms with Crippen LogP contribution in [0.5, 0.6) is 0 Å². The fraction of sp³-hybridized carbons (Fsp3) is 0.444. The summed E-state index contributed by atoms with van der Waals surface area (Å²) in [5.74, 6) is 0. The number of hydrogen-bond acceptors (Lipinski definition) is 3. The summed E-state index contributed by atoms with van der Waals surface area (Å²) in [6, 6.07) is 6.05. The van der Waals surface area contributed by atoms with Gasteiger partial charge in [-0.25, -0.2) is 0 Å². The zero-order valence-electron chi connectivity index (χ0n) is 7.46. The Labute approximate surface area is 78.0 Å². The smallest absolute Gasteiger partial charge is 0.108 e. The molecular formula is C9H14N4. The van der Waals surface area contributed by atoms with Crippen molar-refractivity contribution in [1.29, 1.82) is 5.26 Å². The molecule has 0 amide bonds. The molecule has 1 unspecified atom stereocenters. The summed E-state index contributed by atoms with van der Waals surface area (Å²) in [5, 5.41) is 14.5. The van der Waals surface area contributed by atoms with Crippen molar-refractivity contribution < 1.29 is 0 Å². The predicted molar refractivity (Wildman–Crippen MR) is 51.1 cm³/mol. The largest absolute Gasteiger partial charge is 0.368 e. The molecule has 1 fully saturated rings.